The lowest BCUT2D eigenvalue weighted by Gasteiger charge is -2.15. The molecule has 16 heavy (non-hydrogen) atoms. The highest BCUT2D eigenvalue weighted by atomic mass is 16.3. The van der Waals surface area contributed by atoms with Gasteiger partial charge < -0.3 is 21.6 Å². The van der Waals surface area contributed by atoms with Crippen LogP contribution in [0.15, 0.2) is 6.07 Å². The van der Waals surface area contributed by atoms with Gasteiger partial charge in [-0.2, -0.15) is 9.97 Å². The van der Waals surface area contributed by atoms with E-state index in [4.69, 9.17) is 11.6 Å². The van der Waals surface area contributed by atoms with Crippen molar-refractivity contribution in [1.29, 1.82) is 0 Å². The van der Waals surface area contributed by atoms with Gasteiger partial charge in [-0.1, -0.05) is 13.8 Å². The number of hydrogen-bond donors (Lipinski definition) is 5. The lowest BCUT2D eigenvalue weighted by Crippen LogP contribution is -2.25. The van der Waals surface area contributed by atoms with Crippen LogP contribution >= 0.6 is 0 Å². The highest BCUT2D eigenvalue weighted by Gasteiger charge is 2.09. The molecule has 0 saturated heterocycles. The molecule has 7 N–H and O–H groups in total. The SMILES string of the molecule is CC(C)C(O)CNc1cc(NN)nc(N)n1. The lowest BCUT2D eigenvalue weighted by atomic mass is 10.1. The molecular formula is C9H18N6O. The van der Waals surface area contributed by atoms with Crippen molar-refractivity contribution in [2.75, 3.05) is 23.0 Å². The van der Waals surface area contributed by atoms with Crippen LogP contribution in [0.2, 0.25) is 0 Å². The minimum absolute atomic E-state index is 0.122. The number of aromatic nitrogens is 2. The van der Waals surface area contributed by atoms with E-state index in [1.165, 1.54) is 0 Å². The fourth-order valence-electron chi connectivity index (χ4n) is 1.08. The van der Waals surface area contributed by atoms with E-state index in [9.17, 15) is 5.11 Å². The number of nitrogens with one attached hydrogen (secondary N) is 2. The first-order valence-corrected chi connectivity index (χ1v) is 5.06. The van der Waals surface area contributed by atoms with Crippen molar-refractivity contribution in [3.63, 3.8) is 0 Å². The average Bonchev–Trinajstić information content (AvgIpc) is 2.24. The Bertz CT molecular complexity index is 343. The maximum Gasteiger partial charge on any atom is 0.223 e. The van der Waals surface area contributed by atoms with Crippen LogP contribution < -0.4 is 22.3 Å². The first kappa shape index (κ1) is 12.5. The van der Waals surface area contributed by atoms with Crippen LogP contribution in [0.5, 0.6) is 0 Å². The predicted octanol–water partition coefficient (Wildman–Crippen LogP) is -0.227. The third-order valence-electron chi connectivity index (χ3n) is 2.15. The molecule has 0 aliphatic heterocycles. The lowest BCUT2D eigenvalue weighted by molar-refractivity contribution is 0.138. The Kier molecular flexibility index (Phi) is 4.27. The Balaban J connectivity index is 2.63. The molecule has 7 heteroatoms. The number of hydrazine groups is 1. The maximum atomic E-state index is 9.61. The molecule has 0 radical (unpaired) electrons. The second-order valence-corrected chi connectivity index (χ2v) is 3.83. The first-order valence-electron chi connectivity index (χ1n) is 5.06. The van der Waals surface area contributed by atoms with Crippen molar-refractivity contribution >= 4 is 17.6 Å². The van der Waals surface area contributed by atoms with Crippen LogP contribution in [0.4, 0.5) is 17.6 Å². The molecule has 0 aromatic carbocycles. The normalized spacial score (nSPS) is 12.6. The summed E-state index contributed by atoms with van der Waals surface area (Å²) >= 11 is 0. The van der Waals surface area contributed by atoms with Crippen LogP contribution in [0.25, 0.3) is 0 Å². The predicted molar refractivity (Wildman–Crippen MR) is 63.6 cm³/mol. The summed E-state index contributed by atoms with van der Waals surface area (Å²) in [4.78, 5) is 7.80. The summed E-state index contributed by atoms with van der Waals surface area (Å²) < 4.78 is 0. The molecule has 1 unspecified atom stereocenters. The Morgan fingerprint density at radius 3 is 2.56 bits per heavy atom. The van der Waals surface area contributed by atoms with Gasteiger partial charge >= 0.3 is 0 Å². The van der Waals surface area contributed by atoms with Crippen molar-refractivity contribution in [2.45, 2.75) is 20.0 Å². The largest absolute Gasteiger partial charge is 0.391 e. The molecule has 0 aliphatic rings. The number of aliphatic hydroxyl groups excluding tert-OH is 1. The standard InChI is InChI=1S/C9H18N6O/c1-5(2)6(16)4-12-7-3-8(15-11)14-9(10)13-7/h3,5-6,16H,4,11H2,1-2H3,(H4,10,12,13,14,15). The summed E-state index contributed by atoms with van der Waals surface area (Å²) in [7, 11) is 0. The molecule has 0 bridgehead atoms. The van der Waals surface area contributed by atoms with Crippen molar-refractivity contribution in [3.8, 4) is 0 Å². The van der Waals surface area contributed by atoms with E-state index in [-0.39, 0.29) is 11.9 Å². The zero-order valence-corrected chi connectivity index (χ0v) is 9.44. The molecule has 0 amide bonds. The van der Waals surface area contributed by atoms with E-state index >= 15 is 0 Å². The molecule has 0 saturated carbocycles. The monoisotopic (exact) mass is 226 g/mol. The maximum absolute atomic E-state index is 9.61. The van der Waals surface area contributed by atoms with E-state index in [0.29, 0.717) is 18.2 Å². The summed E-state index contributed by atoms with van der Waals surface area (Å²) in [5.41, 5.74) is 7.87. The van der Waals surface area contributed by atoms with Crippen LogP contribution in [-0.4, -0.2) is 27.7 Å². The van der Waals surface area contributed by atoms with E-state index < -0.39 is 6.10 Å². The summed E-state index contributed by atoms with van der Waals surface area (Å²) in [6.45, 7) is 4.28. The number of rotatable bonds is 5. The molecule has 0 fully saturated rings. The van der Waals surface area contributed by atoms with Gasteiger partial charge in [-0.25, -0.2) is 5.84 Å². The van der Waals surface area contributed by atoms with Gasteiger partial charge in [-0.3, -0.25) is 0 Å². The van der Waals surface area contributed by atoms with Gasteiger partial charge in [0.15, 0.2) is 0 Å². The molecule has 90 valence electrons. The molecule has 1 aromatic heterocycles. The first-order chi connectivity index (χ1) is 7.52. The van der Waals surface area contributed by atoms with Gasteiger partial charge in [-0.05, 0) is 5.92 Å². The summed E-state index contributed by atoms with van der Waals surface area (Å²) in [5, 5.41) is 12.6. The van der Waals surface area contributed by atoms with E-state index in [0.717, 1.165) is 0 Å². The van der Waals surface area contributed by atoms with Crippen molar-refractivity contribution in [2.24, 2.45) is 11.8 Å². The Morgan fingerprint density at radius 2 is 2.00 bits per heavy atom. The summed E-state index contributed by atoms with van der Waals surface area (Å²) in [6.07, 6.45) is -0.439. The quantitative estimate of drug-likeness (QED) is 0.347. The van der Waals surface area contributed by atoms with Gasteiger partial charge in [-0.15, -0.1) is 0 Å². The molecule has 1 atom stereocenters. The Morgan fingerprint density at radius 1 is 1.38 bits per heavy atom. The number of nitrogens with zero attached hydrogens (tertiary/aromatic N) is 2. The second-order valence-electron chi connectivity index (χ2n) is 3.83. The summed E-state index contributed by atoms with van der Waals surface area (Å²) in [5.74, 6) is 6.47. The van der Waals surface area contributed by atoms with Crippen LogP contribution in [0.1, 0.15) is 13.8 Å². The molecule has 1 rings (SSSR count). The molecule has 7 nitrogen and oxygen atoms in total. The van der Waals surface area contributed by atoms with E-state index in [2.05, 4.69) is 20.7 Å². The fraction of sp³-hybridized carbons (Fsp3) is 0.556. The zero-order valence-electron chi connectivity index (χ0n) is 9.44. The molecule has 0 aliphatic carbocycles. The molecule has 1 aromatic rings. The fourth-order valence-corrected chi connectivity index (χ4v) is 1.08. The van der Waals surface area contributed by atoms with Gasteiger partial charge in [0.25, 0.3) is 0 Å². The zero-order chi connectivity index (χ0) is 12.1. The van der Waals surface area contributed by atoms with Gasteiger partial charge in [0.1, 0.15) is 11.6 Å². The van der Waals surface area contributed by atoms with Crippen LogP contribution in [0.3, 0.4) is 0 Å². The minimum atomic E-state index is -0.439. The molecular weight excluding hydrogens is 208 g/mol. The average molecular weight is 226 g/mol. The number of anilines is 3. The third kappa shape index (κ3) is 3.52. The van der Waals surface area contributed by atoms with Gasteiger partial charge in [0.05, 0.1) is 6.10 Å². The van der Waals surface area contributed by atoms with Crippen LogP contribution in [0, 0.1) is 5.92 Å². The highest BCUT2D eigenvalue weighted by Crippen LogP contribution is 2.12. The smallest absolute Gasteiger partial charge is 0.223 e. The molecule has 0 spiro atoms. The topological polar surface area (TPSA) is 122 Å². The van der Waals surface area contributed by atoms with Crippen molar-refractivity contribution < 1.29 is 5.11 Å². The number of aliphatic hydroxyl groups is 1. The second kappa shape index (κ2) is 5.47. The number of hydrogen-bond acceptors (Lipinski definition) is 7. The third-order valence-corrected chi connectivity index (χ3v) is 2.15. The highest BCUT2D eigenvalue weighted by molar-refractivity contribution is 5.50. The van der Waals surface area contributed by atoms with Crippen molar-refractivity contribution in [3.05, 3.63) is 6.07 Å². The van der Waals surface area contributed by atoms with Crippen molar-refractivity contribution in [1.82, 2.24) is 9.97 Å². The van der Waals surface area contributed by atoms with E-state index in [1.54, 1.807) is 6.07 Å². The van der Waals surface area contributed by atoms with Gasteiger partial charge in [0.2, 0.25) is 5.95 Å². The minimum Gasteiger partial charge on any atom is -0.391 e. The summed E-state index contributed by atoms with van der Waals surface area (Å²) in [6, 6.07) is 1.61. The molecule has 1 heterocycles. The number of nitrogen functional groups attached to an aromatic ring is 2. The Labute approximate surface area is 94.2 Å². The van der Waals surface area contributed by atoms with Crippen LogP contribution in [-0.2, 0) is 0 Å². The number of nitrogens with two attached hydrogens (primary N) is 2. The van der Waals surface area contributed by atoms with E-state index in [1.807, 2.05) is 13.8 Å². The Hall–Kier alpha value is -1.60. The van der Waals surface area contributed by atoms with Gasteiger partial charge in [0, 0.05) is 12.6 Å².